The summed E-state index contributed by atoms with van der Waals surface area (Å²) in [4.78, 5) is 23.8. The molecule has 0 atom stereocenters. The Hall–Kier alpha value is -3.80. The summed E-state index contributed by atoms with van der Waals surface area (Å²) in [6.07, 6.45) is 0. The number of amides is 2. The van der Waals surface area contributed by atoms with Gasteiger partial charge in [0.1, 0.15) is 18.1 Å². The lowest BCUT2D eigenvalue weighted by molar-refractivity contribution is -0.118. The molecular weight excluding hydrogens is 368 g/mol. The zero-order valence-corrected chi connectivity index (χ0v) is 16.1. The molecule has 0 saturated heterocycles. The number of carbonyl (C=O) groups excluding carboxylic acids is 2. The molecule has 0 unspecified atom stereocenters. The minimum Gasteiger partial charge on any atom is -0.489 e. The zero-order chi connectivity index (χ0) is 20.5. The molecule has 0 fully saturated rings. The second-order valence-corrected chi connectivity index (χ2v) is 6.24. The van der Waals surface area contributed by atoms with E-state index in [4.69, 9.17) is 9.47 Å². The van der Waals surface area contributed by atoms with Crippen LogP contribution in [0.15, 0.2) is 78.9 Å². The lowest BCUT2D eigenvalue weighted by Crippen LogP contribution is -2.21. The van der Waals surface area contributed by atoms with Gasteiger partial charge in [0.25, 0.3) is 11.8 Å². The van der Waals surface area contributed by atoms with Crippen LogP contribution in [-0.4, -0.2) is 25.5 Å². The van der Waals surface area contributed by atoms with E-state index in [2.05, 4.69) is 10.6 Å². The van der Waals surface area contributed by atoms with E-state index in [-0.39, 0.29) is 18.4 Å². The first-order chi connectivity index (χ1) is 14.1. The highest BCUT2D eigenvalue weighted by Gasteiger charge is 2.07. The fourth-order valence-corrected chi connectivity index (χ4v) is 2.60. The van der Waals surface area contributed by atoms with E-state index in [1.165, 1.54) is 0 Å². The van der Waals surface area contributed by atoms with Crippen LogP contribution >= 0.6 is 0 Å². The van der Waals surface area contributed by atoms with Gasteiger partial charge in [-0.3, -0.25) is 9.59 Å². The molecule has 2 N–H and O–H groups in total. The molecule has 29 heavy (non-hydrogen) atoms. The van der Waals surface area contributed by atoms with Crippen molar-refractivity contribution in [1.82, 2.24) is 5.32 Å². The largest absolute Gasteiger partial charge is 0.489 e. The SMILES string of the molecule is CNC(=O)c1cccc(NC(=O)COc2ccc(OCc3ccccc3)cc2)c1. The van der Waals surface area contributed by atoms with Crippen LogP contribution in [0.5, 0.6) is 11.5 Å². The Labute approximate surface area is 169 Å². The monoisotopic (exact) mass is 390 g/mol. The Morgan fingerprint density at radius 3 is 2.21 bits per heavy atom. The van der Waals surface area contributed by atoms with Gasteiger partial charge in [0, 0.05) is 18.3 Å². The van der Waals surface area contributed by atoms with Crippen LogP contribution in [0.3, 0.4) is 0 Å². The van der Waals surface area contributed by atoms with Crippen LogP contribution in [0.1, 0.15) is 15.9 Å². The predicted molar refractivity (Wildman–Crippen MR) is 111 cm³/mol. The van der Waals surface area contributed by atoms with Crippen LogP contribution in [0.25, 0.3) is 0 Å². The Balaban J connectivity index is 1.47. The second-order valence-electron chi connectivity index (χ2n) is 6.24. The standard InChI is InChI=1S/C23H22N2O4/c1-24-23(27)18-8-5-9-19(14-18)25-22(26)16-29-21-12-10-20(11-13-21)28-15-17-6-3-2-4-7-17/h2-14H,15-16H2,1H3,(H,24,27)(H,25,26). The molecule has 0 saturated carbocycles. The number of ether oxygens (including phenoxy) is 2. The summed E-state index contributed by atoms with van der Waals surface area (Å²) in [5.74, 6) is 0.748. The van der Waals surface area contributed by atoms with E-state index in [9.17, 15) is 9.59 Å². The third-order valence-electron chi connectivity index (χ3n) is 4.08. The summed E-state index contributed by atoms with van der Waals surface area (Å²) in [6.45, 7) is 0.340. The lowest BCUT2D eigenvalue weighted by Gasteiger charge is -2.10. The molecule has 6 nitrogen and oxygen atoms in total. The van der Waals surface area contributed by atoms with Crippen molar-refractivity contribution in [2.75, 3.05) is 19.0 Å². The first kappa shape index (κ1) is 19.9. The molecule has 2 amide bonds. The van der Waals surface area contributed by atoms with Gasteiger partial charge in [-0.1, -0.05) is 36.4 Å². The number of carbonyl (C=O) groups is 2. The molecule has 0 spiro atoms. The maximum absolute atomic E-state index is 12.1. The number of anilines is 1. The van der Waals surface area contributed by atoms with E-state index in [1.807, 2.05) is 30.3 Å². The molecule has 6 heteroatoms. The molecule has 0 radical (unpaired) electrons. The molecule has 0 bridgehead atoms. The van der Waals surface area contributed by atoms with Gasteiger partial charge in [-0.15, -0.1) is 0 Å². The Morgan fingerprint density at radius 1 is 0.828 bits per heavy atom. The number of hydrogen-bond donors (Lipinski definition) is 2. The Morgan fingerprint density at radius 2 is 1.52 bits per heavy atom. The zero-order valence-electron chi connectivity index (χ0n) is 16.1. The van der Waals surface area contributed by atoms with Crippen LogP contribution in [0.2, 0.25) is 0 Å². The molecule has 0 aliphatic rings. The minimum absolute atomic E-state index is 0.144. The quantitative estimate of drug-likeness (QED) is 0.616. The summed E-state index contributed by atoms with van der Waals surface area (Å²) >= 11 is 0. The first-order valence-electron chi connectivity index (χ1n) is 9.15. The van der Waals surface area contributed by atoms with Crippen molar-refractivity contribution in [2.24, 2.45) is 0 Å². The Kier molecular flexibility index (Phi) is 6.84. The minimum atomic E-state index is -0.316. The Bertz CT molecular complexity index is 956. The molecular formula is C23H22N2O4. The van der Waals surface area contributed by atoms with Gasteiger partial charge >= 0.3 is 0 Å². The van der Waals surface area contributed by atoms with E-state index in [0.29, 0.717) is 23.6 Å². The number of benzene rings is 3. The highest BCUT2D eigenvalue weighted by molar-refractivity contribution is 5.97. The molecule has 0 aliphatic carbocycles. The van der Waals surface area contributed by atoms with Crippen molar-refractivity contribution in [2.45, 2.75) is 6.61 Å². The molecule has 148 valence electrons. The third-order valence-corrected chi connectivity index (χ3v) is 4.08. The van der Waals surface area contributed by atoms with E-state index in [0.717, 1.165) is 11.3 Å². The summed E-state index contributed by atoms with van der Waals surface area (Å²) in [6, 6.07) is 23.7. The number of hydrogen-bond acceptors (Lipinski definition) is 4. The van der Waals surface area contributed by atoms with Gasteiger partial charge in [-0.25, -0.2) is 0 Å². The normalized spacial score (nSPS) is 10.1. The third kappa shape index (κ3) is 6.10. The van der Waals surface area contributed by atoms with Gasteiger partial charge in [-0.2, -0.15) is 0 Å². The van der Waals surface area contributed by atoms with E-state index >= 15 is 0 Å². The summed E-state index contributed by atoms with van der Waals surface area (Å²) in [5, 5.41) is 5.26. The second kappa shape index (κ2) is 9.94. The van der Waals surface area contributed by atoms with Crippen molar-refractivity contribution in [3.05, 3.63) is 90.0 Å². The highest BCUT2D eigenvalue weighted by atomic mass is 16.5. The average Bonchev–Trinajstić information content (AvgIpc) is 2.77. The van der Waals surface area contributed by atoms with Crippen molar-refractivity contribution in [3.63, 3.8) is 0 Å². The molecule has 3 rings (SSSR count). The van der Waals surface area contributed by atoms with Gasteiger partial charge in [-0.05, 0) is 48.0 Å². The molecule has 0 heterocycles. The number of nitrogens with one attached hydrogen (secondary N) is 2. The van der Waals surface area contributed by atoms with Crippen LogP contribution in [-0.2, 0) is 11.4 Å². The lowest BCUT2D eigenvalue weighted by atomic mass is 10.2. The van der Waals surface area contributed by atoms with E-state index in [1.54, 1.807) is 55.6 Å². The van der Waals surface area contributed by atoms with Crippen LogP contribution < -0.4 is 20.1 Å². The highest BCUT2D eigenvalue weighted by Crippen LogP contribution is 2.19. The van der Waals surface area contributed by atoms with E-state index < -0.39 is 0 Å². The van der Waals surface area contributed by atoms with Crippen molar-refractivity contribution in [3.8, 4) is 11.5 Å². The average molecular weight is 390 g/mol. The van der Waals surface area contributed by atoms with Crippen LogP contribution in [0.4, 0.5) is 5.69 Å². The number of rotatable bonds is 8. The first-order valence-corrected chi connectivity index (χ1v) is 9.15. The predicted octanol–water partition coefficient (Wildman–Crippen LogP) is 3.64. The maximum atomic E-state index is 12.1. The molecule has 0 aromatic heterocycles. The fraction of sp³-hybridized carbons (Fsp3) is 0.130. The summed E-state index contributed by atoms with van der Waals surface area (Å²) in [7, 11) is 1.55. The van der Waals surface area contributed by atoms with Gasteiger partial charge in [0.05, 0.1) is 0 Å². The smallest absolute Gasteiger partial charge is 0.262 e. The van der Waals surface area contributed by atoms with Gasteiger partial charge in [0.15, 0.2) is 6.61 Å². The molecule has 3 aromatic carbocycles. The van der Waals surface area contributed by atoms with Gasteiger partial charge in [0.2, 0.25) is 0 Å². The van der Waals surface area contributed by atoms with Crippen molar-refractivity contribution >= 4 is 17.5 Å². The summed E-state index contributed by atoms with van der Waals surface area (Å²) < 4.78 is 11.2. The van der Waals surface area contributed by atoms with Gasteiger partial charge < -0.3 is 20.1 Å². The maximum Gasteiger partial charge on any atom is 0.262 e. The fourth-order valence-electron chi connectivity index (χ4n) is 2.60. The van der Waals surface area contributed by atoms with Crippen molar-refractivity contribution in [1.29, 1.82) is 0 Å². The van der Waals surface area contributed by atoms with Crippen molar-refractivity contribution < 1.29 is 19.1 Å². The topological polar surface area (TPSA) is 76.7 Å². The van der Waals surface area contributed by atoms with Crippen LogP contribution in [0, 0.1) is 0 Å². The summed E-state index contributed by atoms with van der Waals surface area (Å²) in [5.41, 5.74) is 2.09. The molecule has 3 aromatic rings. The molecule has 0 aliphatic heterocycles.